The Morgan fingerprint density at radius 2 is 2.25 bits per heavy atom. The van der Waals surface area contributed by atoms with Crippen LogP contribution in [0.1, 0.15) is 24.3 Å². The summed E-state index contributed by atoms with van der Waals surface area (Å²) in [5.41, 5.74) is 1.02. The summed E-state index contributed by atoms with van der Waals surface area (Å²) in [5, 5.41) is 21.3. The number of phenols is 1. The van der Waals surface area contributed by atoms with E-state index in [-0.39, 0.29) is 11.7 Å². The molecule has 1 aliphatic rings. The number of hydrogen-bond acceptors (Lipinski definition) is 3. The van der Waals surface area contributed by atoms with Gasteiger partial charge in [-0.3, -0.25) is 4.79 Å². The summed E-state index contributed by atoms with van der Waals surface area (Å²) in [4.78, 5) is 10.9. The van der Waals surface area contributed by atoms with E-state index in [2.05, 4.69) is 5.32 Å². The van der Waals surface area contributed by atoms with Gasteiger partial charge in [0.05, 0.1) is 0 Å². The predicted molar refractivity (Wildman–Crippen MR) is 59.5 cm³/mol. The van der Waals surface area contributed by atoms with Gasteiger partial charge in [0.15, 0.2) is 0 Å². The monoisotopic (exact) mass is 221 g/mol. The van der Waals surface area contributed by atoms with Crippen molar-refractivity contribution in [3.8, 4) is 5.75 Å². The van der Waals surface area contributed by atoms with Gasteiger partial charge in [0.2, 0.25) is 0 Å². The van der Waals surface area contributed by atoms with E-state index in [4.69, 9.17) is 5.11 Å². The SMILES string of the molecule is O=C(O)C1CC(c2cccc(O)c2)CCN1. The summed E-state index contributed by atoms with van der Waals surface area (Å²) in [7, 11) is 0. The second-order valence-corrected chi connectivity index (χ2v) is 4.16. The lowest BCUT2D eigenvalue weighted by atomic mass is 9.86. The third-order valence-electron chi connectivity index (χ3n) is 3.04. The molecule has 1 fully saturated rings. The molecule has 1 saturated heterocycles. The topological polar surface area (TPSA) is 69.6 Å². The molecule has 4 nitrogen and oxygen atoms in total. The molecule has 3 N–H and O–H groups in total. The Labute approximate surface area is 93.9 Å². The number of nitrogens with one attached hydrogen (secondary N) is 1. The molecule has 16 heavy (non-hydrogen) atoms. The van der Waals surface area contributed by atoms with Gasteiger partial charge in [-0.1, -0.05) is 12.1 Å². The molecule has 2 atom stereocenters. The smallest absolute Gasteiger partial charge is 0.320 e. The minimum atomic E-state index is -0.801. The number of piperidine rings is 1. The fourth-order valence-corrected chi connectivity index (χ4v) is 2.19. The fourth-order valence-electron chi connectivity index (χ4n) is 2.19. The largest absolute Gasteiger partial charge is 0.508 e. The van der Waals surface area contributed by atoms with E-state index in [1.165, 1.54) is 0 Å². The highest BCUT2D eigenvalue weighted by atomic mass is 16.4. The number of carboxylic acids is 1. The van der Waals surface area contributed by atoms with Gasteiger partial charge in [0.1, 0.15) is 11.8 Å². The summed E-state index contributed by atoms with van der Waals surface area (Å²) in [6.45, 7) is 0.706. The van der Waals surface area contributed by atoms with Crippen molar-refractivity contribution in [1.82, 2.24) is 5.32 Å². The number of aromatic hydroxyl groups is 1. The van der Waals surface area contributed by atoms with Crippen molar-refractivity contribution < 1.29 is 15.0 Å². The number of carbonyl (C=O) groups is 1. The summed E-state index contributed by atoms with van der Waals surface area (Å²) in [6, 6.07) is 6.60. The average molecular weight is 221 g/mol. The molecule has 0 spiro atoms. The maximum Gasteiger partial charge on any atom is 0.320 e. The normalized spacial score (nSPS) is 25.2. The van der Waals surface area contributed by atoms with E-state index < -0.39 is 12.0 Å². The molecule has 86 valence electrons. The van der Waals surface area contributed by atoms with Crippen molar-refractivity contribution >= 4 is 5.97 Å². The van der Waals surface area contributed by atoms with E-state index in [9.17, 15) is 9.90 Å². The lowest BCUT2D eigenvalue weighted by molar-refractivity contribution is -0.140. The molecular formula is C12H15NO3. The van der Waals surface area contributed by atoms with Crippen LogP contribution in [0.5, 0.6) is 5.75 Å². The van der Waals surface area contributed by atoms with Crippen LogP contribution in [0.25, 0.3) is 0 Å². The van der Waals surface area contributed by atoms with E-state index in [1.807, 2.05) is 6.07 Å². The van der Waals surface area contributed by atoms with E-state index in [0.717, 1.165) is 12.0 Å². The molecule has 1 aliphatic heterocycles. The zero-order valence-corrected chi connectivity index (χ0v) is 8.89. The molecular weight excluding hydrogens is 206 g/mol. The second kappa shape index (κ2) is 4.53. The van der Waals surface area contributed by atoms with Crippen LogP contribution in [0.2, 0.25) is 0 Å². The molecule has 2 rings (SSSR count). The Morgan fingerprint density at radius 3 is 2.94 bits per heavy atom. The highest BCUT2D eigenvalue weighted by Crippen LogP contribution is 2.29. The lowest BCUT2D eigenvalue weighted by Gasteiger charge is -2.28. The van der Waals surface area contributed by atoms with Crippen LogP contribution >= 0.6 is 0 Å². The Hall–Kier alpha value is -1.55. The molecule has 1 heterocycles. The average Bonchev–Trinajstić information content (AvgIpc) is 2.29. The van der Waals surface area contributed by atoms with Gasteiger partial charge in [0, 0.05) is 0 Å². The van der Waals surface area contributed by atoms with Gasteiger partial charge in [-0.2, -0.15) is 0 Å². The molecule has 0 saturated carbocycles. The van der Waals surface area contributed by atoms with Crippen LogP contribution in [0, 0.1) is 0 Å². The van der Waals surface area contributed by atoms with Crippen LogP contribution in [0.4, 0.5) is 0 Å². The van der Waals surface area contributed by atoms with Crippen molar-refractivity contribution in [2.24, 2.45) is 0 Å². The predicted octanol–water partition coefficient (Wildman–Crippen LogP) is 1.31. The minimum Gasteiger partial charge on any atom is -0.508 e. The standard InChI is InChI=1S/C12H15NO3/c14-10-3-1-2-8(6-10)9-4-5-13-11(7-9)12(15)16/h1-3,6,9,11,13-14H,4-5,7H2,(H,15,16). The van der Waals surface area contributed by atoms with Crippen molar-refractivity contribution in [2.75, 3.05) is 6.54 Å². The Morgan fingerprint density at radius 1 is 1.44 bits per heavy atom. The van der Waals surface area contributed by atoms with Crippen molar-refractivity contribution in [3.05, 3.63) is 29.8 Å². The first-order valence-electron chi connectivity index (χ1n) is 5.42. The number of carboxylic acid groups (broad SMARTS) is 1. The zero-order valence-electron chi connectivity index (χ0n) is 8.89. The lowest BCUT2D eigenvalue weighted by Crippen LogP contribution is -2.42. The van der Waals surface area contributed by atoms with E-state index >= 15 is 0 Å². The third kappa shape index (κ3) is 2.33. The third-order valence-corrected chi connectivity index (χ3v) is 3.04. The zero-order chi connectivity index (χ0) is 11.5. The molecule has 0 radical (unpaired) electrons. The van der Waals surface area contributed by atoms with Gasteiger partial charge in [-0.25, -0.2) is 0 Å². The van der Waals surface area contributed by atoms with Crippen LogP contribution in [0.15, 0.2) is 24.3 Å². The molecule has 0 aromatic heterocycles. The van der Waals surface area contributed by atoms with Gasteiger partial charge in [-0.15, -0.1) is 0 Å². The first-order chi connectivity index (χ1) is 7.66. The second-order valence-electron chi connectivity index (χ2n) is 4.16. The van der Waals surface area contributed by atoms with Crippen LogP contribution in [-0.4, -0.2) is 28.8 Å². The number of rotatable bonds is 2. The first kappa shape index (κ1) is 11.0. The van der Waals surface area contributed by atoms with E-state index in [1.54, 1.807) is 18.2 Å². The van der Waals surface area contributed by atoms with Crippen molar-refractivity contribution in [2.45, 2.75) is 24.8 Å². The number of aliphatic carboxylic acids is 1. The van der Waals surface area contributed by atoms with E-state index in [0.29, 0.717) is 13.0 Å². The maximum absolute atomic E-state index is 10.9. The molecule has 1 aromatic rings. The molecule has 0 aliphatic carbocycles. The molecule has 1 aromatic carbocycles. The van der Waals surface area contributed by atoms with Crippen LogP contribution < -0.4 is 5.32 Å². The first-order valence-corrected chi connectivity index (χ1v) is 5.42. The van der Waals surface area contributed by atoms with Crippen molar-refractivity contribution in [1.29, 1.82) is 0 Å². The Kier molecular flexibility index (Phi) is 3.10. The Balaban J connectivity index is 2.12. The van der Waals surface area contributed by atoms with Gasteiger partial charge >= 0.3 is 5.97 Å². The molecule has 0 bridgehead atoms. The Bertz CT molecular complexity index is 392. The highest BCUT2D eigenvalue weighted by molar-refractivity contribution is 5.73. The molecule has 4 heteroatoms. The van der Waals surface area contributed by atoms with Crippen LogP contribution in [-0.2, 0) is 4.79 Å². The van der Waals surface area contributed by atoms with Gasteiger partial charge < -0.3 is 15.5 Å². The maximum atomic E-state index is 10.9. The molecule has 2 unspecified atom stereocenters. The van der Waals surface area contributed by atoms with Gasteiger partial charge in [0.25, 0.3) is 0 Å². The summed E-state index contributed by atoms with van der Waals surface area (Å²) < 4.78 is 0. The number of phenolic OH excluding ortho intramolecular Hbond substituents is 1. The summed E-state index contributed by atoms with van der Waals surface area (Å²) in [6.07, 6.45) is 1.49. The van der Waals surface area contributed by atoms with Gasteiger partial charge in [-0.05, 0) is 43.0 Å². The summed E-state index contributed by atoms with van der Waals surface area (Å²) >= 11 is 0. The quantitative estimate of drug-likeness (QED) is 0.704. The molecule has 0 amide bonds. The minimum absolute atomic E-state index is 0.217. The highest BCUT2D eigenvalue weighted by Gasteiger charge is 2.27. The number of hydrogen-bond donors (Lipinski definition) is 3. The van der Waals surface area contributed by atoms with Crippen LogP contribution in [0.3, 0.4) is 0 Å². The summed E-state index contributed by atoms with van der Waals surface area (Å²) in [5.74, 6) is -0.345. The van der Waals surface area contributed by atoms with Crippen molar-refractivity contribution in [3.63, 3.8) is 0 Å². The fraction of sp³-hybridized carbons (Fsp3) is 0.417. The number of benzene rings is 1.